The van der Waals surface area contributed by atoms with Crippen LogP contribution in [0.3, 0.4) is 0 Å². The summed E-state index contributed by atoms with van der Waals surface area (Å²) in [6.45, 7) is 32.4. The quantitative estimate of drug-likeness (QED) is 0.215. The van der Waals surface area contributed by atoms with Crippen LogP contribution in [0, 0.1) is 0 Å². The van der Waals surface area contributed by atoms with Gasteiger partial charge in [-0.3, -0.25) is 0 Å². The summed E-state index contributed by atoms with van der Waals surface area (Å²) in [6, 6.07) is 24.6. The van der Waals surface area contributed by atoms with Gasteiger partial charge in [-0.1, -0.05) is 150 Å². The summed E-state index contributed by atoms with van der Waals surface area (Å²) in [5.74, 6) is 1.01. The number of hydrogen-bond donors (Lipinski definition) is 0. The van der Waals surface area contributed by atoms with E-state index in [0.717, 1.165) is 5.75 Å². The highest BCUT2D eigenvalue weighted by Gasteiger charge is 2.24. The largest absolute Gasteiger partial charge is 0.469 e. The molecule has 1 unspecified atom stereocenters. The molecule has 40 heavy (non-hydrogen) atoms. The van der Waals surface area contributed by atoms with E-state index >= 15 is 0 Å². The van der Waals surface area contributed by atoms with E-state index in [-0.39, 0.29) is 18.8 Å². The first-order valence-corrected chi connectivity index (χ1v) is 18.7. The van der Waals surface area contributed by atoms with E-state index in [0.29, 0.717) is 0 Å². The molecule has 0 radical (unpaired) electrons. The highest BCUT2D eigenvalue weighted by molar-refractivity contribution is 7.64. The van der Waals surface area contributed by atoms with Gasteiger partial charge in [-0.05, 0) is 72.7 Å². The molecule has 0 saturated carbocycles. The van der Waals surface area contributed by atoms with Crippen LogP contribution >= 0.6 is 16.1 Å². The van der Waals surface area contributed by atoms with Crippen LogP contribution < -0.4 is 15.1 Å². The average molecular weight is 581 g/mol. The first kappa shape index (κ1) is 38.1. The molecule has 0 fully saturated rings. The van der Waals surface area contributed by atoms with Gasteiger partial charge in [0.25, 0.3) is 0 Å². The number of rotatable bonds is 5. The van der Waals surface area contributed by atoms with Crippen LogP contribution in [0.4, 0.5) is 0 Å². The van der Waals surface area contributed by atoms with Crippen molar-refractivity contribution in [2.45, 2.75) is 93.9 Å². The molecule has 0 N–H and O–H groups in total. The molecule has 3 rings (SSSR count). The first-order chi connectivity index (χ1) is 18.8. The molecular formula is C37H58OP2. The lowest BCUT2D eigenvalue weighted by atomic mass is 9.80. The fourth-order valence-corrected chi connectivity index (χ4v) is 5.55. The van der Waals surface area contributed by atoms with Gasteiger partial charge in [-0.2, -0.15) is 0 Å². The van der Waals surface area contributed by atoms with Crippen LogP contribution in [0.25, 0.3) is 11.1 Å². The van der Waals surface area contributed by atoms with Crippen molar-refractivity contribution < 1.29 is 4.52 Å². The molecule has 0 saturated heterocycles. The Morgan fingerprint density at radius 3 is 1.35 bits per heavy atom. The molecular weight excluding hydrogens is 522 g/mol. The van der Waals surface area contributed by atoms with E-state index in [2.05, 4.69) is 128 Å². The average Bonchev–Trinajstić information content (AvgIpc) is 2.94. The fraction of sp³-hybridized carbons (Fsp3) is 0.459. The summed E-state index contributed by atoms with van der Waals surface area (Å²) in [6.07, 6.45) is 4.00. The highest BCUT2D eigenvalue weighted by atomic mass is 31.1. The molecule has 1 atom stereocenters. The van der Waals surface area contributed by atoms with Gasteiger partial charge in [0.1, 0.15) is 13.9 Å². The second-order valence-electron chi connectivity index (χ2n) is 11.5. The fourth-order valence-electron chi connectivity index (χ4n) is 3.68. The molecule has 0 spiro atoms. The third kappa shape index (κ3) is 12.3. The van der Waals surface area contributed by atoms with Crippen LogP contribution in [0.15, 0.2) is 78.9 Å². The lowest BCUT2D eigenvalue weighted by Gasteiger charge is -2.28. The van der Waals surface area contributed by atoms with E-state index < -0.39 is 8.15 Å². The molecule has 0 aliphatic carbocycles. The summed E-state index contributed by atoms with van der Waals surface area (Å²) < 4.78 is 6.58. The second kappa shape index (κ2) is 18.5. The molecule has 0 amide bonds. The van der Waals surface area contributed by atoms with E-state index in [9.17, 15) is 0 Å². The lowest BCUT2D eigenvalue weighted by Crippen LogP contribution is -2.17. The summed E-state index contributed by atoms with van der Waals surface area (Å²) in [5.41, 5.74) is 5.31. The van der Waals surface area contributed by atoms with Crippen molar-refractivity contribution in [2.75, 3.05) is 20.0 Å². The van der Waals surface area contributed by atoms with Crippen molar-refractivity contribution in [3.8, 4) is 16.9 Å². The molecule has 0 heterocycles. The van der Waals surface area contributed by atoms with Gasteiger partial charge in [0.05, 0.1) is 0 Å². The Kier molecular flexibility index (Phi) is 17.6. The van der Waals surface area contributed by atoms with Gasteiger partial charge < -0.3 is 4.52 Å². The highest BCUT2D eigenvalue weighted by Crippen LogP contribution is 2.41. The monoisotopic (exact) mass is 580 g/mol. The molecule has 0 aromatic heterocycles. The van der Waals surface area contributed by atoms with Gasteiger partial charge in [-0.15, -0.1) is 0 Å². The van der Waals surface area contributed by atoms with E-state index in [1.807, 2.05) is 53.7 Å². The van der Waals surface area contributed by atoms with Crippen LogP contribution in [0.5, 0.6) is 5.75 Å². The minimum atomic E-state index is -0.746. The number of hydrogen-bond acceptors (Lipinski definition) is 1. The smallest absolute Gasteiger partial charge is 0.127 e. The van der Waals surface area contributed by atoms with Crippen molar-refractivity contribution in [1.82, 2.24) is 0 Å². The molecule has 3 heteroatoms. The van der Waals surface area contributed by atoms with Gasteiger partial charge in [-0.25, -0.2) is 0 Å². The van der Waals surface area contributed by atoms with Crippen LogP contribution in [-0.4, -0.2) is 20.0 Å². The zero-order valence-corrected chi connectivity index (χ0v) is 30.1. The molecule has 0 aliphatic rings. The summed E-state index contributed by atoms with van der Waals surface area (Å²) >= 11 is 0. The Bertz CT molecular complexity index is 1110. The van der Waals surface area contributed by atoms with E-state index in [1.165, 1.54) is 32.9 Å². The topological polar surface area (TPSA) is 9.23 Å². The minimum Gasteiger partial charge on any atom is -0.469 e. The minimum absolute atomic E-state index is 0.0279. The van der Waals surface area contributed by atoms with Crippen LogP contribution in [0.1, 0.15) is 94.2 Å². The summed E-state index contributed by atoms with van der Waals surface area (Å²) in [4.78, 5) is 0. The molecule has 3 aromatic carbocycles. The van der Waals surface area contributed by atoms with Gasteiger partial charge in [0.2, 0.25) is 0 Å². The van der Waals surface area contributed by atoms with E-state index in [1.54, 1.807) is 0 Å². The maximum Gasteiger partial charge on any atom is 0.127 e. The Morgan fingerprint density at radius 1 is 0.575 bits per heavy atom. The maximum absolute atomic E-state index is 6.58. The van der Waals surface area contributed by atoms with Gasteiger partial charge >= 0.3 is 0 Å². The molecule has 222 valence electrons. The van der Waals surface area contributed by atoms with Crippen molar-refractivity contribution in [3.63, 3.8) is 0 Å². The SMILES string of the molecule is C/C=C\C.CC.CC.CP(C)c1ccc(-c2ccc(P(C)Oc3ccc(C(C)(C)C)cc3C(C)(C)C)cc2)cc1. The molecule has 0 bridgehead atoms. The Balaban J connectivity index is 0.00000171. The Morgan fingerprint density at radius 2 is 1.00 bits per heavy atom. The lowest BCUT2D eigenvalue weighted by molar-refractivity contribution is 0.531. The Labute approximate surface area is 251 Å². The maximum atomic E-state index is 6.58. The summed E-state index contributed by atoms with van der Waals surface area (Å²) in [5, 5.41) is 2.70. The van der Waals surface area contributed by atoms with Crippen molar-refractivity contribution >= 4 is 26.7 Å². The van der Waals surface area contributed by atoms with E-state index in [4.69, 9.17) is 4.52 Å². The second-order valence-corrected chi connectivity index (χ2v) is 15.5. The predicted molar refractivity (Wildman–Crippen MR) is 190 cm³/mol. The summed E-state index contributed by atoms with van der Waals surface area (Å²) in [7, 11) is -0.795. The Hall–Kier alpha value is -1.94. The zero-order valence-electron chi connectivity index (χ0n) is 28.3. The molecule has 1 nitrogen and oxygen atoms in total. The van der Waals surface area contributed by atoms with Crippen LogP contribution in [0.2, 0.25) is 0 Å². The zero-order chi connectivity index (χ0) is 31.1. The normalized spacial score (nSPS) is 11.9. The number of benzene rings is 3. The van der Waals surface area contributed by atoms with Crippen molar-refractivity contribution in [1.29, 1.82) is 0 Å². The molecule has 3 aromatic rings. The first-order valence-electron chi connectivity index (χ1n) is 14.8. The third-order valence-corrected chi connectivity index (χ3v) is 9.00. The van der Waals surface area contributed by atoms with Crippen molar-refractivity contribution in [3.05, 3.63) is 90.0 Å². The van der Waals surface area contributed by atoms with Gasteiger partial charge in [0.15, 0.2) is 0 Å². The standard InChI is InChI=1S/C29H38OP2.C4H8.2C2H6/c1-28(2,3)23-14-19-27(26(20-23)29(4,5)6)30-32(9)25-17-12-22(13-18-25)21-10-15-24(16-11-21)31(7)8;1-3-4-2;2*1-2/h10-20H,1-9H3;3-4H,1-2H3;2*1-2H3/b;4-3-;;. The van der Waals surface area contributed by atoms with Crippen LogP contribution in [-0.2, 0) is 10.8 Å². The van der Waals surface area contributed by atoms with Gasteiger partial charge in [0, 0.05) is 10.9 Å². The molecule has 0 aliphatic heterocycles. The third-order valence-electron chi connectivity index (χ3n) is 6.17. The predicted octanol–water partition coefficient (Wildman–Crippen LogP) is 11.7. The number of allylic oxidation sites excluding steroid dienone is 2. The van der Waals surface area contributed by atoms with Crippen molar-refractivity contribution in [2.24, 2.45) is 0 Å².